The number of para-hydroxylation sites is 1. The number of carbonyl (C=O) groups excluding carboxylic acids is 3. The molecule has 4 rings (SSSR count). The molecule has 0 spiro atoms. The first kappa shape index (κ1) is 28.6. The third-order valence-electron chi connectivity index (χ3n) is 7.15. The van der Waals surface area contributed by atoms with E-state index in [1.54, 1.807) is 31.1 Å². The number of nitrogens with two attached hydrogens (primary N) is 1. The average molecular weight is 544 g/mol. The van der Waals surface area contributed by atoms with E-state index >= 15 is 0 Å². The molecule has 40 heavy (non-hydrogen) atoms. The number of nitrogens with zero attached hydrogens (tertiary/aromatic N) is 3. The van der Waals surface area contributed by atoms with E-state index in [-0.39, 0.29) is 12.0 Å². The minimum Gasteiger partial charge on any atom is -0.446 e. The number of hydrogen-bond acceptors (Lipinski definition) is 5. The van der Waals surface area contributed by atoms with Crippen molar-refractivity contribution in [1.82, 2.24) is 14.7 Å². The van der Waals surface area contributed by atoms with Gasteiger partial charge in [-0.2, -0.15) is 0 Å². The summed E-state index contributed by atoms with van der Waals surface area (Å²) < 4.78 is 5.73. The van der Waals surface area contributed by atoms with Crippen molar-refractivity contribution in [3.63, 3.8) is 0 Å². The van der Waals surface area contributed by atoms with Gasteiger partial charge in [0.15, 0.2) is 0 Å². The van der Waals surface area contributed by atoms with E-state index in [0.717, 1.165) is 54.9 Å². The van der Waals surface area contributed by atoms with Crippen LogP contribution in [-0.2, 0) is 11.3 Å². The van der Waals surface area contributed by atoms with Crippen LogP contribution in [0.3, 0.4) is 0 Å². The molecule has 9 nitrogen and oxygen atoms in total. The SMILES string of the molecule is CN(Cc1ccc(C(=O)N(C)CCN2CCC(OC(=O)Nc3ccccc3-c3ccccc3)CC2)cc1)C(N)=O. The van der Waals surface area contributed by atoms with Crippen molar-refractivity contribution in [2.24, 2.45) is 5.73 Å². The highest BCUT2D eigenvalue weighted by molar-refractivity contribution is 5.94. The highest BCUT2D eigenvalue weighted by Crippen LogP contribution is 2.28. The van der Waals surface area contributed by atoms with Crippen LogP contribution in [0.25, 0.3) is 11.1 Å². The van der Waals surface area contributed by atoms with Crippen LogP contribution in [0.5, 0.6) is 0 Å². The van der Waals surface area contributed by atoms with Crippen LogP contribution in [0, 0.1) is 0 Å². The van der Waals surface area contributed by atoms with Gasteiger partial charge >= 0.3 is 12.1 Å². The molecule has 3 aromatic rings. The first-order valence-electron chi connectivity index (χ1n) is 13.5. The van der Waals surface area contributed by atoms with Gasteiger partial charge < -0.3 is 25.2 Å². The van der Waals surface area contributed by atoms with E-state index in [0.29, 0.717) is 18.7 Å². The van der Waals surface area contributed by atoms with Crippen LogP contribution >= 0.6 is 0 Å². The predicted molar refractivity (Wildman–Crippen MR) is 156 cm³/mol. The summed E-state index contributed by atoms with van der Waals surface area (Å²) in [4.78, 5) is 42.1. The number of likely N-dealkylation sites (tertiary alicyclic amines) is 1. The Balaban J connectivity index is 1.19. The van der Waals surface area contributed by atoms with Crippen molar-refractivity contribution < 1.29 is 19.1 Å². The first-order chi connectivity index (χ1) is 19.3. The van der Waals surface area contributed by atoms with E-state index in [9.17, 15) is 14.4 Å². The zero-order chi connectivity index (χ0) is 28.5. The molecular formula is C31H37N5O4. The van der Waals surface area contributed by atoms with Crippen LogP contribution in [-0.4, -0.2) is 79.1 Å². The van der Waals surface area contributed by atoms with Crippen molar-refractivity contribution in [2.75, 3.05) is 45.6 Å². The molecule has 4 amide bonds. The van der Waals surface area contributed by atoms with Gasteiger partial charge in [-0.15, -0.1) is 0 Å². The number of nitrogens with one attached hydrogen (secondary N) is 1. The topological polar surface area (TPSA) is 108 Å². The second kappa shape index (κ2) is 13.6. The second-order valence-corrected chi connectivity index (χ2v) is 10.1. The lowest BCUT2D eigenvalue weighted by Crippen LogP contribution is -2.42. The van der Waals surface area contributed by atoms with Crippen molar-refractivity contribution >= 4 is 23.7 Å². The van der Waals surface area contributed by atoms with Gasteiger partial charge in [0.25, 0.3) is 5.91 Å². The smallest absolute Gasteiger partial charge is 0.411 e. The lowest BCUT2D eigenvalue weighted by atomic mass is 10.0. The number of primary amides is 1. The normalized spacial score (nSPS) is 13.8. The Bertz CT molecular complexity index is 1290. The summed E-state index contributed by atoms with van der Waals surface area (Å²) in [5, 5.41) is 2.91. The molecule has 9 heteroatoms. The lowest BCUT2D eigenvalue weighted by Gasteiger charge is -2.32. The zero-order valence-corrected chi connectivity index (χ0v) is 23.1. The minimum atomic E-state index is -0.497. The number of carbonyl (C=O) groups is 3. The molecule has 0 unspecified atom stereocenters. The fourth-order valence-corrected chi connectivity index (χ4v) is 4.72. The van der Waals surface area contributed by atoms with Crippen molar-refractivity contribution in [2.45, 2.75) is 25.5 Å². The van der Waals surface area contributed by atoms with Gasteiger partial charge in [0.05, 0.1) is 5.69 Å². The number of anilines is 1. The van der Waals surface area contributed by atoms with E-state index in [4.69, 9.17) is 10.5 Å². The molecule has 1 aliphatic heterocycles. The molecule has 0 saturated carbocycles. The Kier molecular flexibility index (Phi) is 9.75. The van der Waals surface area contributed by atoms with Crippen LogP contribution in [0.2, 0.25) is 0 Å². The molecule has 1 aliphatic rings. The summed E-state index contributed by atoms with van der Waals surface area (Å²) in [5.74, 6) is -0.0551. The molecule has 0 atom stereocenters. The molecular weight excluding hydrogens is 506 g/mol. The monoisotopic (exact) mass is 543 g/mol. The number of likely N-dealkylation sites (N-methyl/N-ethyl adjacent to an activating group) is 1. The van der Waals surface area contributed by atoms with Gasteiger partial charge in [-0.1, -0.05) is 60.7 Å². The third kappa shape index (κ3) is 7.83. The largest absolute Gasteiger partial charge is 0.446 e. The Morgan fingerprint density at radius 1 is 0.900 bits per heavy atom. The van der Waals surface area contributed by atoms with E-state index < -0.39 is 12.1 Å². The molecule has 0 aromatic heterocycles. The predicted octanol–water partition coefficient (Wildman–Crippen LogP) is 4.65. The number of benzene rings is 3. The van der Waals surface area contributed by atoms with E-state index in [1.807, 2.05) is 66.7 Å². The molecule has 210 valence electrons. The van der Waals surface area contributed by atoms with Gasteiger partial charge in [-0.3, -0.25) is 10.1 Å². The summed E-state index contributed by atoms with van der Waals surface area (Å²) in [7, 11) is 3.43. The summed E-state index contributed by atoms with van der Waals surface area (Å²) >= 11 is 0. The van der Waals surface area contributed by atoms with Crippen LogP contribution in [0.1, 0.15) is 28.8 Å². The number of urea groups is 1. The molecule has 3 N–H and O–H groups in total. The van der Waals surface area contributed by atoms with Gasteiger partial charge in [0.2, 0.25) is 0 Å². The zero-order valence-electron chi connectivity index (χ0n) is 23.1. The number of ether oxygens (including phenoxy) is 1. The molecule has 3 aromatic carbocycles. The number of hydrogen-bond donors (Lipinski definition) is 2. The minimum absolute atomic E-state index is 0.0551. The van der Waals surface area contributed by atoms with Crippen molar-refractivity contribution in [1.29, 1.82) is 0 Å². The Morgan fingerprint density at radius 3 is 2.23 bits per heavy atom. The van der Waals surface area contributed by atoms with Gasteiger partial charge in [-0.25, -0.2) is 9.59 Å². The maximum absolute atomic E-state index is 12.9. The fraction of sp³-hybridized carbons (Fsp3) is 0.323. The molecule has 1 fully saturated rings. The maximum Gasteiger partial charge on any atom is 0.411 e. The number of piperidine rings is 1. The molecule has 1 saturated heterocycles. The Labute approximate surface area is 235 Å². The lowest BCUT2D eigenvalue weighted by molar-refractivity contribution is 0.0540. The Hall–Kier alpha value is -4.37. The average Bonchev–Trinajstić information content (AvgIpc) is 2.97. The number of amides is 4. The molecule has 1 heterocycles. The maximum atomic E-state index is 12.9. The van der Waals surface area contributed by atoms with Crippen molar-refractivity contribution in [3.8, 4) is 11.1 Å². The van der Waals surface area contributed by atoms with Gasteiger partial charge in [0, 0.05) is 57.9 Å². The quantitative estimate of drug-likeness (QED) is 0.409. The second-order valence-electron chi connectivity index (χ2n) is 10.1. The molecule has 0 aliphatic carbocycles. The summed E-state index contributed by atoms with van der Waals surface area (Å²) in [5.41, 5.74) is 9.47. The third-order valence-corrected chi connectivity index (χ3v) is 7.15. The van der Waals surface area contributed by atoms with Crippen LogP contribution in [0.4, 0.5) is 15.3 Å². The first-order valence-corrected chi connectivity index (χ1v) is 13.5. The fourth-order valence-electron chi connectivity index (χ4n) is 4.72. The Morgan fingerprint density at radius 2 is 1.55 bits per heavy atom. The van der Waals surface area contributed by atoms with E-state index in [1.165, 1.54) is 4.90 Å². The number of rotatable bonds is 9. The van der Waals surface area contributed by atoms with Gasteiger partial charge in [0.1, 0.15) is 6.10 Å². The van der Waals surface area contributed by atoms with Crippen LogP contribution < -0.4 is 11.1 Å². The molecule has 0 radical (unpaired) electrons. The highest BCUT2D eigenvalue weighted by Gasteiger charge is 2.23. The standard InChI is InChI=1S/C31H37N5O4/c1-34(29(37)25-14-12-23(13-15-25)22-35(2)30(32)38)20-21-36-18-16-26(17-19-36)40-31(39)33-28-11-7-6-10-27(28)24-8-4-3-5-9-24/h3-15,26H,16-22H2,1-2H3,(H2,32,38)(H,33,39). The van der Waals surface area contributed by atoms with Gasteiger partial charge in [-0.05, 0) is 42.2 Å². The highest BCUT2D eigenvalue weighted by atomic mass is 16.6. The summed E-state index contributed by atoms with van der Waals surface area (Å²) in [6, 6.07) is 24.3. The van der Waals surface area contributed by atoms with Crippen LogP contribution in [0.15, 0.2) is 78.9 Å². The summed E-state index contributed by atoms with van der Waals surface area (Å²) in [6.45, 7) is 3.31. The van der Waals surface area contributed by atoms with E-state index in [2.05, 4.69) is 10.2 Å². The molecule has 0 bridgehead atoms. The van der Waals surface area contributed by atoms with Crippen molar-refractivity contribution in [3.05, 3.63) is 90.0 Å². The summed E-state index contributed by atoms with van der Waals surface area (Å²) in [6.07, 6.45) is 0.894.